The van der Waals surface area contributed by atoms with Gasteiger partial charge in [-0.3, -0.25) is 0 Å². The van der Waals surface area contributed by atoms with E-state index >= 15 is 0 Å². The average molecular weight is 668 g/mol. The number of hydrogen-bond donors (Lipinski definition) is 0. The first-order valence-corrected chi connectivity index (χ1v) is 18.1. The van der Waals surface area contributed by atoms with E-state index < -0.39 is 0 Å². The van der Waals surface area contributed by atoms with Gasteiger partial charge in [0.1, 0.15) is 11.2 Å². The molecule has 0 aliphatic rings. The fourth-order valence-electron chi connectivity index (χ4n) is 8.05. The topological polar surface area (TPSA) is 16.4 Å². The minimum atomic E-state index is 0.894. The Kier molecular flexibility index (Phi) is 6.16. The standard InChI is InChI=1S/C48H29NOS/c1-3-11-36-30(9-1)19-24-41-42(27-32-10-2-4-12-37(32)48(36)41)31-17-20-33(21-18-31)49(34-23-26-45-43(28-34)38-13-5-7-15-44(38)50-45)35-22-25-40-39-14-6-8-16-46(39)51-47(40)29-35/h1-29H. The summed E-state index contributed by atoms with van der Waals surface area (Å²) in [6.07, 6.45) is 0. The molecule has 0 aliphatic heterocycles. The molecule has 51 heavy (non-hydrogen) atoms. The van der Waals surface area contributed by atoms with E-state index in [0.29, 0.717) is 0 Å². The molecular formula is C48H29NOS. The monoisotopic (exact) mass is 667 g/mol. The van der Waals surface area contributed by atoms with Gasteiger partial charge in [-0.2, -0.15) is 0 Å². The molecule has 11 aromatic rings. The molecule has 2 heterocycles. The van der Waals surface area contributed by atoms with Gasteiger partial charge >= 0.3 is 0 Å². The lowest BCUT2D eigenvalue weighted by Gasteiger charge is -2.26. The minimum absolute atomic E-state index is 0.894. The van der Waals surface area contributed by atoms with E-state index in [0.717, 1.165) is 39.0 Å². The van der Waals surface area contributed by atoms with Gasteiger partial charge in [-0.15, -0.1) is 11.3 Å². The van der Waals surface area contributed by atoms with Crippen LogP contribution < -0.4 is 4.90 Å². The van der Waals surface area contributed by atoms with Gasteiger partial charge in [0, 0.05) is 48.0 Å². The molecule has 0 spiro atoms. The summed E-state index contributed by atoms with van der Waals surface area (Å²) < 4.78 is 8.82. The van der Waals surface area contributed by atoms with Gasteiger partial charge in [-0.25, -0.2) is 0 Å². The lowest BCUT2D eigenvalue weighted by atomic mass is 9.90. The average Bonchev–Trinajstić information content (AvgIpc) is 3.75. The van der Waals surface area contributed by atoms with Crippen molar-refractivity contribution in [1.82, 2.24) is 0 Å². The van der Waals surface area contributed by atoms with Crippen LogP contribution in [0.4, 0.5) is 17.1 Å². The first kappa shape index (κ1) is 28.4. The predicted molar refractivity (Wildman–Crippen MR) is 219 cm³/mol. The number of benzene rings is 9. The van der Waals surface area contributed by atoms with Gasteiger partial charge in [0.15, 0.2) is 0 Å². The highest BCUT2D eigenvalue weighted by atomic mass is 32.1. The Labute approximate surface area is 298 Å². The second-order valence-electron chi connectivity index (χ2n) is 13.3. The van der Waals surface area contributed by atoms with Crippen LogP contribution in [0.25, 0.3) is 85.6 Å². The lowest BCUT2D eigenvalue weighted by molar-refractivity contribution is 0.669. The second-order valence-corrected chi connectivity index (χ2v) is 14.4. The lowest BCUT2D eigenvalue weighted by Crippen LogP contribution is -2.09. The Bertz CT molecular complexity index is 3130. The van der Waals surface area contributed by atoms with Crippen molar-refractivity contribution in [2.75, 3.05) is 4.90 Å². The Morgan fingerprint density at radius 2 is 0.980 bits per heavy atom. The number of para-hydroxylation sites is 1. The summed E-state index contributed by atoms with van der Waals surface area (Å²) in [4.78, 5) is 2.38. The van der Waals surface area contributed by atoms with Crippen LogP contribution in [-0.2, 0) is 0 Å². The van der Waals surface area contributed by atoms with Crippen LogP contribution in [0.1, 0.15) is 0 Å². The van der Waals surface area contributed by atoms with Crippen molar-refractivity contribution in [3.05, 3.63) is 176 Å². The van der Waals surface area contributed by atoms with Crippen LogP contribution in [0.2, 0.25) is 0 Å². The van der Waals surface area contributed by atoms with E-state index in [9.17, 15) is 0 Å². The van der Waals surface area contributed by atoms with Crippen LogP contribution in [0.5, 0.6) is 0 Å². The molecule has 3 heteroatoms. The number of nitrogens with zero attached hydrogens (tertiary/aromatic N) is 1. The van der Waals surface area contributed by atoms with Gasteiger partial charge < -0.3 is 9.32 Å². The number of anilines is 3. The molecule has 2 aromatic heterocycles. The quantitative estimate of drug-likeness (QED) is 0.174. The zero-order valence-electron chi connectivity index (χ0n) is 27.5. The zero-order valence-corrected chi connectivity index (χ0v) is 28.3. The van der Waals surface area contributed by atoms with Crippen molar-refractivity contribution >= 4 is 103 Å². The van der Waals surface area contributed by atoms with Crippen molar-refractivity contribution < 1.29 is 4.42 Å². The van der Waals surface area contributed by atoms with Crippen LogP contribution in [0.3, 0.4) is 0 Å². The maximum atomic E-state index is 6.23. The first-order valence-electron chi connectivity index (χ1n) is 17.3. The normalized spacial score (nSPS) is 11.9. The number of thiophene rings is 1. The third-order valence-electron chi connectivity index (χ3n) is 10.4. The molecule has 0 bridgehead atoms. The van der Waals surface area contributed by atoms with Crippen molar-refractivity contribution in [3.8, 4) is 11.1 Å². The summed E-state index contributed by atoms with van der Waals surface area (Å²) in [6.45, 7) is 0. The molecule has 0 N–H and O–H groups in total. The van der Waals surface area contributed by atoms with E-state index in [2.05, 4.69) is 169 Å². The Hall–Kier alpha value is -6.42. The van der Waals surface area contributed by atoms with E-state index in [-0.39, 0.29) is 0 Å². The van der Waals surface area contributed by atoms with Crippen LogP contribution in [0.15, 0.2) is 180 Å². The third-order valence-corrected chi connectivity index (χ3v) is 11.6. The van der Waals surface area contributed by atoms with Crippen LogP contribution in [0, 0.1) is 0 Å². The molecule has 0 saturated heterocycles. The fraction of sp³-hybridized carbons (Fsp3) is 0. The summed E-state index contributed by atoms with van der Waals surface area (Å²) in [7, 11) is 0. The highest BCUT2D eigenvalue weighted by Gasteiger charge is 2.18. The van der Waals surface area contributed by atoms with E-state index in [4.69, 9.17) is 4.42 Å². The van der Waals surface area contributed by atoms with Gasteiger partial charge in [0.05, 0.1) is 0 Å². The summed E-state index contributed by atoms with van der Waals surface area (Å²) in [5, 5.41) is 12.5. The SMILES string of the molecule is c1ccc2c(c1)ccc1c(-c3ccc(N(c4ccc5c(c4)sc4ccccc45)c4ccc5oc6ccccc6c5c4)cc3)cc3ccccc3c12. The van der Waals surface area contributed by atoms with Crippen molar-refractivity contribution in [1.29, 1.82) is 0 Å². The Balaban J connectivity index is 1.11. The summed E-state index contributed by atoms with van der Waals surface area (Å²) in [6, 6.07) is 63.9. The van der Waals surface area contributed by atoms with Crippen molar-refractivity contribution in [2.45, 2.75) is 0 Å². The third kappa shape index (κ3) is 4.42. The van der Waals surface area contributed by atoms with E-state index in [1.54, 1.807) is 0 Å². The number of furan rings is 1. The molecule has 0 aliphatic carbocycles. The Morgan fingerprint density at radius 3 is 1.84 bits per heavy atom. The molecule has 0 radical (unpaired) electrons. The maximum Gasteiger partial charge on any atom is 0.135 e. The van der Waals surface area contributed by atoms with E-state index in [1.165, 1.54) is 63.6 Å². The second kappa shape index (κ2) is 11.0. The Morgan fingerprint density at radius 1 is 0.373 bits per heavy atom. The fourth-order valence-corrected chi connectivity index (χ4v) is 9.19. The number of rotatable bonds is 4. The molecule has 2 nitrogen and oxygen atoms in total. The minimum Gasteiger partial charge on any atom is -0.456 e. The molecular weight excluding hydrogens is 639 g/mol. The zero-order chi connectivity index (χ0) is 33.5. The summed E-state index contributed by atoms with van der Waals surface area (Å²) in [5.41, 5.74) is 7.54. The van der Waals surface area contributed by atoms with Crippen LogP contribution >= 0.6 is 11.3 Å². The van der Waals surface area contributed by atoms with Crippen molar-refractivity contribution in [3.63, 3.8) is 0 Å². The number of hydrogen-bond acceptors (Lipinski definition) is 3. The van der Waals surface area contributed by atoms with Gasteiger partial charge in [0.2, 0.25) is 0 Å². The van der Waals surface area contributed by atoms with Gasteiger partial charge in [-0.1, -0.05) is 115 Å². The van der Waals surface area contributed by atoms with Crippen LogP contribution in [-0.4, -0.2) is 0 Å². The molecule has 0 atom stereocenters. The molecule has 0 unspecified atom stereocenters. The highest BCUT2D eigenvalue weighted by molar-refractivity contribution is 7.25. The van der Waals surface area contributed by atoms with E-state index in [1.807, 2.05) is 23.5 Å². The summed E-state index contributed by atoms with van der Waals surface area (Å²) >= 11 is 1.85. The predicted octanol–water partition coefficient (Wildman–Crippen LogP) is 14.6. The molecule has 0 amide bonds. The molecule has 9 aromatic carbocycles. The molecule has 238 valence electrons. The largest absolute Gasteiger partial charge is 0.456 e. The molecule has 11 rings (SSSR count). The molecule has 0 fully saturated rings. The van der Waals surface area contributed by atoms with Gasteiger partial charge in [-0.05, 0) is 104 Å². The van der Waals surface area contributed by atoms with Gasteiger partial charge in [0.25, 0.3) is 0 Å². The maximum absolute atomic E-state index is 6.23. The van der Waals surface area contributed by atoms with Crippen molar-refractivity contribution in [2.24, 2.45) is 0 Å². The molecule has 0 saturated carbocycles. The smallest absolute Gasteiger partial charge is 0.135 e. The number of fused-ring (bicyclic) bond motifs is 11. The highest BCUT2D eigenvalue weighted by Crippen LogP contribution is 2.44. The first-order chi connectivity index (χ1) is 25.3. The summed E-state index contributed by atoms with van der Waals surface area (Å²) in [5.74, 6) is 0.